The summed E-state index contributed by atoms with van der Waals surface area (Å²) in [6.07, 6.45) is 1.67. The maximum absolute atomic E-state index is 13.5. The van der Waals surface area contributed by atoms with Gasteiger partial charge in [-0.1, -0.05) is 6.07 Å². The molecule has 0 N–H and O–H groups in total. The first-order valence-corrected chi connectivity index (χ1v) is 12.3. The van der Waals surface area contributed by atoms with Gasteiger partial charge in [0.15, 0.2) is 0 Å². The Morgan fingerprint density at radius 2 is 1.87 bits per heavy atom. The lowest BCUT2D eigenvalue weighted by atomic mass is 10.1. The molecule has 0 unspecified atom stereocenters. The molecule has 0 bridgehead atoms. The van der Waals surface area contributed by atoms with Crippen molar-refractivity contribution in [3.05, 3.63) is 76.0 Å². The van der Waals surface area contributed by atoms with Gasteiger partial charge in [0, 0.05) is 29.7 Å². The lowest BCUT2D eigenvalue weighted by molar-refractivity contribution is 0.0984. The van der Waals surface area contributed by atoms with Gasteiger partial charge in [-0.3, -0.25) is 4.79 Å². The van der Waals surface area contributed by atoms with Gasteiger partial charge in [0.05, 0.1) is 22.1 Å². The summed E-state index contributed by atoms with van der Waals surface area (Å²) in [7, 11) is -3.64. The molecule has 1 amide bonds. The second kappa shape index (κ2) is 8.86. The molecule has 0 radical (unpaired) electrons. The molecule has 0 saturated carbocycles. The van der Waals surface area contributed by atoms with Crippen LogP contribution in [0.4, 0.5) is 10.1 Å². The van der Waals surface area contributed by atoms with Crippen LogP contribution in [-0.4, -0.2) is 36.7 Å². The molecule has 0 aliphatic carbocycles. The first kappa shape index (κ1) is 21.6. The van der Waals surface area contributed by atoms with Crippen LogP contribution < -0.4 is 4.90 Å². The van der Waals surface area contributed by atoms with Crippen LogP contribution in [0.25, 0.3) is 0 Å². The average molecular weight is 460 g/mol. The summed E-state index contributed by atoms with van der Waals surface area (Å²) in [5.74, 6) is -0.782. The molecule has 1 aliphatic rings. The molecule has 3 aromatic rings. The van der Waals surface area contributed by atoms with Crippen LogP contribution in [0.5, 0.6) is 0 Å². The van der Waals surface area contributed by atoms with Crippen molar-refractivity contribution in [1.82, 2.24) is 9.29 Å². The van der Waals surface area contributed by atoms with Crippen LogP contribution in [-0.2, 0) is 16.6 Å². The number of halogens is 1. The van der Waals surface area contributed by atoms with E-state index in [1.165, 1.54) is 56.9 Å². The third-order valence-corrected chi connectivity index (χ3v) is 7.87. The summed E-state index contributed by atoms with van der Waals surface area (Å²) in [5.41, 5.74) is 1.46. The number of hydrogen-bond acceptors (Lipinski definition) is 5. The predicted octanol–water partition coefficient (Wildman–Crippen LogP) is 4.22. The van der Waals surface area contributed by atoms with Crippen molar-refractivity contribution in [2.24, 2.45) is 0 Å². The van der Waals surface area contributed by atoms with Gasteiger partial charge in [-0.2, -0.15) is 4.31 Å². The molecule has 0 spiro atoms. The largest absolute Gasteiger partial charge is 0.302 e. The van der Waals surface area contributed by atoms with Crippen molar-refractivity contribution in [1.29, 1.82) is 0 Å². The average Bonchev–Trinajstić information content (AvgIpc) is 3.45. The van der Waals surface area contributed by atoms with Gasteiger partial charge in [-0.15, -0.1) is 11.3 Å². The smallest absolute Gasteiger partial charge is 0.258 e. The SMILES string of the molecule is Cc1nc(CN(C(=O)c2cccc(S(=O)(=O)N3CCCC3)c2)c2ccc(F)cc2)cs1. The highest BCUT2D eigenvalue weighted by atomic mass is 32.2. The third-order valence-electron chi connectivity index (χ3n) is 5.15. The molecule has 1 saturated heterocycles. The molecule has 2 heterocycles. The van der Waals surface area contributed by atoms with E-state index in [2.05, 4.69) is 4.98 Å². The van der Waals surface area contributed by atoms with Gasteiger partial charge in [0.25, 0.3) is 5.91 Å². The van der Waals surface area contributed by atoms with Crippen LogP contribution in [0.15, 0.2) is 58.8 Å². The summed E-state index contributed by atoms with van der Waals surface area (Å²) < 4.78 is 40.8. The Morgan fingerprint density at radius 3 is 2.52 bits per heavy atom. The highest BCUT2D eigenvalue weighted by Gasteiger charge is 2.28. The molecule has 1 aromatic heterocycles. The van der Waals surface area contributed by atoms with Crippen molar-refractivity contribution in [2.45, 2.75) is 31.2 Å². The standard InChI is InChI=1S/C22H22FN3O3S2/c1-16-24-19(15-30-16)14-26(20-9-7-18(23)8-10-20)22(27)17-5-4-6-21(13-17)31(28,29)25-11-2-3-12-25/h4-10,13,15H,2-3,11-12,14H2,1H3. The van der Waals surface area contributed by atoms with Crippen molar-refractivity contribution in [2.75, 3.05) is 18.0 Å². The van der Waals surface area contributed by atoms with Crippen molar-refractivity contribution >= 4 is 33.0 Å². The molecule has 9 heteroatoms. The Morgan fingerprint density at radius 1 is 1.16 bits per heavy atom. The Bertz CT molecular complexity index is 1190. The molecular formula is C22H22FN3O3S2. The fraction of sp³-hybridized carbons (Fsp3) is 0.273. The maximum atomic E-state index is 13.5. The van der Waals surface area contributed by atoms with Crippen LogP contribution in [0.1, 0.15) is 33.9 Å². The normalized spacial score (nSPS) is 14.6. The van der Waals surface area contributed by atoms with Gasteiger partial charge < -0.3 is 4.90 Å². The number of amides is 1. The van der Waals surface area contributed by atoms with Crippen LogP contribution in [0.2, 0.25) is 0 Å². The number of sulfonamides is 1. The third kappa shape index (κ3) is 4.68. The molecule has 2 aromatic carbocycles. The number of carbonyl (C=O) groups is 1. The number of thiazole rings is 1. The highest BCUT2D eigenvalue weighted by Crippen LogP contribution is 2.25. The number of aromatic nitrogens is 1. The zero-order valence-corrected chi connectivity index (χ0v) is 18.6. The fourth-order valence-electron chi connectivity index (χ4n) is 3.57. The Kier molecular flexibility index (Phi) is 6.17. The number of carbonyl (C=O) groups excluding carboxylic acids is 1. The molecule has 1 aliphatic heterocycles. The summed E-state index contributed by atoms with van der Waals surface area (Å²) in [4.78, 5) is 19.5. The lowest BCUT2D eigenvalue weighted by Crippen LogP contribution is -2.31. The Labute approximate surface area is 185 Å². The number of benzene rings is 2. The van der Waals surface area contributed by atoms with E-state index in [0.29, 0.717) is 24.5 Å². The summed E-state index contributed by atoms with van der Waals surface area (Å²) >= 11 is 1.48. The second-order valence-corrected chi connectivity index (χ2v) is 10.4. The molecule has 4 rings (SSSR count). The van der Waals surface area contributed by atoms with E-state index in [0.717, 1.165) is 17.8 Å². The number of aryl methyl sites for hydroxylation is 1. The van der Waals surface area contributed by atoms with E-state index in [1.54, 1.807) is 12.1 Å². The highest BCUT2D eigenvalue weighted by molar-refractivity contribution is 7.89. The van der Waals surface area contributed by atoms with Gasteiger partial charge in [0.1, 0.15) is 5.82 Å². The molecule has 0 atom stereocenters. The van der Waals surface area contributed by atoms with Crippen molar-refractivity contribution in [3.8, 4) is 0 Å². The summed E-state index contributed by atoms with van der Waals surface area (Å²) in [5, 5.41) is 2.74. The predicted molar refractivity (Wildman–Crippen MR) is 118 cm³/mol. The van der Waals surface area contributed by atoms with E-state index in [4.69, 9.17) is 0 Å². The topological polar surface area (TPSA) is 70.6 Å². The zero-order valence-electron chi connectivity index (χ0n) is 17.0. The molecule has 31 heavy (non-hydrogen) atoms. The van der Waals surface area contributed by atoms with Crippen molar-refractivity contribution < 1.29 is 17.6 Å². The molecule has 162 valence electrons. The fourth-order valence-corrected chi connectivity index (χ4v) is 5.73. The lowest BCUT2D eigenvalue weighted by Gasteiger charge is -2.23. The quantitative estimate of drug-likeness (QED) is 0.553. The monoisotopic (exact) mass is 459 g/mol. The maximum Gasteiger partial charge on any atom is 0.258 e. The second-order valence-electron chi connectivity index (χ2n) is 7.36. The number of hydrogen-bond donors (Lipinski definition) is 0. The number of anilines is 1. The molecular weight excluding hydrogens is 437 g/mol. The van der Waals surface area contributed by atoms with Gasteiger partial charge in [-0.25, -0.2) is 17.8 Å². The van der Waals surface area contributed by atoms with Crippen LogP contribution in [0.3, 0.4) is 0 Å². The minimum absolute atomic E-state index is 0.101. The summed E-state index contributed by atoms with van der Waals surface area (Å²) in [6, 6.07) is 11.7. The van der Waals surface area contributed by atoms with Crippen LogP contribution >= 0.6 is 11.3 Å². The first-order valence-electron chi connectivity index (χ1n) is 9.93. The van der Waals surface area contributed by atoms with E-state index in [-0.39, 0.29) is 22.9 Å². The van der Waals surface area contributed by atoms with Crippen LogP contribution in [0, 0.1) is 12.7 Å². The van der Waals surface area contributed by atoms with E-state index >= 15 is 0 Å². The first-order chi connectivity index (χ1) is 14.8. The van der Waals surface area contributed by atoms with Gasteiger partial charge in [-0.05, 0) is 62.2 Å². The minimum atomic E-state index is -3.64. The van der Waals surface area contributed by atoms with Crippen molar-refractivity contribution in [3.63, 3.8) is 0 Å². The number of rotatable bonds is 6. The molecule has 6 nitrogen and oxygen atoms in total. The molecule has 1 fully saturated rings. The van der Waals surface area contributed by atoms with Gasteiger partial charge in [0.2, 0.25) is 10.0 Å². The zero-order chi connectivity index (χ0) is 22.0. The minimum Gasteiger partial charge on any atom is -0.302 e. The summed E-state index contributed by atoms with van der Waals surface area (Å²) in [6.45, 7) is 3.06. The van der Waals surface area contributed by atoms with E-state index in [9.17, 15) is 17.6 Å². The van der Waals surface area contributed by atoms with E-state index < -0.39 is 15.8 Å². The van der Waals surface area contributed by atoms with Gasteiger partial charge >= 0.3 is 0 Å². The van der Waals surface area contributed by atoms with E-state index in [1.807, 2.05) is 12.3 Å². The Balaban J connectivity index is 1.68. The number of nitrogens with zero attached hydrogens (tertiary/aromatic N) is 3. The Hall–Kier alpha value is -2.62.